The molecular formula is C32H38N2O2. The molecule has 3 aliphatic heterocycles. The zero-order valence-corrected chi connectivity index (χ0v) is 21.4. The zero-order chi connectivity index (χ0) is 24.5. The lowest BCUT2D eigenvalue weighted by molar-refractivity contribution is -0.166. The molecule has 2 aromatic carbocycles. The molecule has 0 spiro atoms. The van der Waals surface area contributed by atoms with Gasteiger partial charge in [0.15, 0.2) is 0 Å². The molecule has 5 atom stereocenters. The third kappa shape index (κ3) is 4.14. The highest BCUT2D eigenvalue weighted by atomic mass is 16.5. The van der Waals surface area contributed by atoms with Gasteiger partial charge in [-0.05, 0) is 61.8 Å². The number of nitrogens with zero attached hydrogens (tertiary/aromatic N) is 2. The van der Waals surface area contributed by atoms with Gasteiger partial charge in [0.05, 0.1) is 17.0 Å². The summed E-state index contributed by atoms with van der Waals surface area (Å²) in [7, 11) is 0. The molecule has 1 saturated carbocycles. The number of aromatic nitrogens is 1. The van der Waals surface area contributed by atoms with Crippen molar-refractivity contribution >= 4 is 16.9 Å². The third-order valence-corrected chi connectivity index (χ3v) is 9.46. The molecule has 4 fully saturated rings. The number of rotatable bonds is 6. The van der Waals surface area contributed by atoms with Crippen LogP contribution in [-0.4, -0.2) is 35.0 Å². The van der Waals surface area contributed by atoms with Gasteiger partial charge in [-0.1, -0.05) is 81.1 Å². The molecule has 2 bridgehead atoms. The minimum absolute atomic E-state index is 0.0334. The summed E-state index contributed by atoms with van der Waals surface area (Å²) < 4.78 is 6.79. The van der Waals surface area contributed by atoms with Gasteiger partial charge in [0, 0.05) is 23.7 Å². The van der Waals surface area contributed by atoms with Crippen molar-refractivity contribution < 1.29 is 9.53 Å². The summed E-state index contributed by atoms with van der Waals surface area (Å²) in [6, 6.07) is 21.0. The molecule has 3 aromatic rings. The number of hydrogen-bond acceptors (Lipinski definition) is 4. The minimum Gasteiger partial charge on any atom is -0.455 e. The summed E-state index contributed by atoms with van der Waals surface area (Å²) in [5, 5.41) is 1.10. The average molecular weight is 483 g/mol. The van der Waals surface area contributed by atoms with Crippen molar-refractivity contribution in [3.63, 3.8) is 0 Å². The van der Waals surface area contributed by atoms with Gasteiger partial charge in [0.25, 0.3) is 0 Å². The number of pyridine rings is 1. The molecule has 4 heteroatoms. The highest BCUT2D eigenvalue weighted by Crippen LogP contribution is 2.46. The lowest BCUT2D eigenvalue weighted by atomic mass is 9.69. The van der Waals surface area contributed by atoms with E-state index in [2.05, 4.69) is 65.3 Å². The fourth-order valence-electron chi connectivity index (χ4n) is 7.42. The third-order valence-electron chi connectivity index (χ3n) is 9.46. The van der Waals surface area contributed by atoms with E-state index in [1.807, 2.05) is 18.3 Å². The second-order valence-corrected chi connectivity index (χ2v) is 11.3. The van der Waals surface area contributed by atoms with E-state index < -0.39 is 5.41 Å². The van der Waals surface area contributed by atoms with Crippen LogP contribution in [0.15, 0.2) is 66.9 Å². The number of piperidine rings is 3. The molecular weight excluding hydrogens is 444 g/mol. The van der Waals surface area contributed by atoms with Crippen LogP contribution in [-0.2, 0) is 14.9 Å². The quantitative estimate of drug-likeness (QED) is 0.361. The molecule has 0 N–H and O–H groups in total. The van der Waals surface area contributed by atoms with Gasteiger partial charge in [0.2, 0.25) is 0 Å². The van der Waals surface area contributed by atoms with Crippen molar-refractivity contribution in [2.45, 2.75) is 75.9 Å². The maximum atomic E-state index is 14.4. The molecule has 1 aromatic heterocycles. The molecule has 4 aliphatic rings. The van der Waals surface area contributed by atoms with Crippen LogP contribution in [0, 0.1) is 11.8 Å². The van der Waals surface area contributed by atoms with Crippen LogP contribution in [0.2, 0.25) is 0 Å². The van der Waals surface area contributed by atoms with E-state index in [1.165, 1.54) is 19.3 Å². The number of hydrogen-bond donors (Lipinski definition) is 0. The Morgan fingerprint density at radius 1 is 1.06 bits per heavy atom. The SMILES string of the molecule is CC[C@H]1CN2CC[C@H]1C[C@@H]2[C@@H](OC(=O)C1(c2ccccc2)CCCCC1)c1ccnc2ccccc12. The fraction of sp³-hybridized carbons (Fsp3) is 0.500. The van der Waals surface area contributed by atoms with Crippen molar-refractivity contribution in [3.05, 3.63) is 78.0 Å². The topological polar surface area (TPSA) is 42.4 Å². The predicted octanol–water partition coefficient (Wildman–Crippen LogP) is 6.84. The Balaban J connectivity index is 1.40. The highest BCUT2D eigenvalue weighted by molar-refractivity contribution is 5.85. The van der Waals surface area contributed by atoms with Crippen molar-refractivity contribution in [2.75, 3.05) is 13.1 Å². The van der Waals surface area contributed by atoms with Gasteiger partial charge >= 0.3 is 5.97 Å². The number of para-hydroxylation sites is 1. The Hall–Kier alpha value is -2.72. The first-order chi connectivity index (χ1) is 17.7. The first kappa shape index (κ1) is 23.7. The molecule has 36 heavy (non-hydrogen) atoms. The van der Waals surface area contributed by atoms with E-state index in [0.717, 1.165) is 79.1 Å². The minimum atomic E-state index is -0.546. The highest BCUT2D eigenvalue weighted by Gasteiger charge is 2.48. The molecule has 0 amide bonds. The second kappa shape index (κ2) is 9.97. The van der Waals surface area contributed by atoms with Crippen LogP contribution in [0.25, 0.3) is 10.9 Å². The van der Waals surface area contributed by atoms with E-state index in [-0.39, 0.29) is 18.1 Å². The lowest BCUT2D eigenvalue weighted by Gasteiger charge is -2.52. The number of fused-ring (bicyclic) bond motifs is 4. The summed E-state index contributed by atoms with van der Waals surface area (Å²) in [4.78, 5) is 21.6. The molecule has 1 unspecified atom stereocenters. The summed E-state index contributed by atoms with van der Waals surface area (Å²) >= 11 is 0. The van der Waals surface area contributed by atoms with Gasteiger partial charge in [0.1, 0.15) is 6.10 Å². The molecule has 0 radical (unpaired) electrons. The van der Waals surface area contributed by atoms with E-state index in [1.54, 1.807) is 0 Å². The second-order valence-electron chi connectivity index (χ2n) is 11.3. The van der Waals surface area contributed by atoms with E-state index in [4.69, 9.17) is 4.74 Å². The lowest BCUT2D eigenvalue weighted by Crippen LogP contribution is -2.56. The fourth-order valence-corrected chi connectivity index (χ4v) is 7.42. The van der Waals surface area contributed by atoms with Crippen LogP contribution in [0.1, 0.15) is 75.5 Å². The van der Waals surface area contributed by atoms with Crippen LogP contribution < -0.4 is 0 Å². The molecule has 1 aliphatic carbocycles. The maximum absolute atomic E-state index is 14.4. The van der Waals surface area contributed by atoms with Crippen LogP contribution >= 0.6 is 0 Å². The summed E-state index contributed by atoms with van der Waals surface area (Å²) in [5.41, 5.74) is 2.65. The zero-order valence-electron chi connectivity index (χ0n) is 21.4. The molecule has 7 rings (SSSR count). The van der Waals surface area contributed by atoms with Crippen LogP contribution in [0.3, 0.4) is 0 Å². The van der Waals surface area contributed by atoms with E-state index in [9.17, 15) is 4.79 Å². The monoisotopic (exact) mass is 482 g/mol. The standard InChI is InChI=1S/C32H38N2O2/c1-2-23-22-34-20-16-24(23)21-29(34)30(27-15-19-33-28-14-8-7-13-26(27)28)36-31(35)32(17-9-4-10-18-32)25-11-5-3-6-12-25/h3,5-8,11-15,19,23-24,29-30H,2,4,9-10,16-18,20-22H2,1H3/t23-,24-,29+,30-/m0/s1. The van der Waals surface area contributed by atoms with Crippen LogP contribution in [0.4, 0.5) is 0 Å². The van der Waals surface area contributed by atoms with E-state index >= 15 is 0 Å². The Bertz CT molecular complexity index is 1200. The van der Waals surface area contributed by atoms with Gasteiger partial charge in [-0.25, -0.2) is 0 Å². The summed E-state index contributed by atoms with van der Waals surface area (Å²) in [6.07, 6.45) is 10.3. The maximum Gasteiger partial charge on any atom is 0.317 e. The Morgan fingerprint density at radius 3 is 2.58 bits per heavy atom. The normalized spacial score (nSPS) is 28.0. The van der Waals surface area contributed by atoms with Gasteiger partial charge in [-0.15, -0.1) is 0 Å². The van der Waals surface area contributed by atoms with Crippen molar-refractivity contribution in [3.8, 4) is 0 Å². The smallest absolute Gasteiger partial charge is 0.317 e. The first-order valence-electron chi connectivity index (χ1n) is 14.0. The molecule has 4 nitrogen and oxygen atoms in total. The van der Waals surface area contributed by atoms with Crippen molar-refractivity contribution in [2.24, 2.45) is 11.8 Å². The number of carbonyl (C=O) groups is 1. The first-order valence-corrected chi connectivity index (χ1v) is 14.0. The Labute approximate surface area is 215 Å². The number of esters is 1. The average Bonchev–Trinajstić information content (AvgIpc) is 2.96. The van der Waals surface area contributed by atoms with Crippen molar-refractivity contribution in [1.29, 1.82) is 0 Å². The van der Waals surface area contributed by atoms with Gasteiger partial charge in [-0.2, -0.15) is 0 Å². The van der Waals surface area contributed by atoms with E-state index in [0.29, 0.717) is 0 Å². The molecule has 3 saturated heterocycles. The van der Waals surface area contributed by atoms with Gasteiger partial charge in [-0.3, -0.25) is 14.7 Å². The van der Waals surface area contributed by atoms with Gasteiger partial charge < -0.3 is 4.74 Å². The summed E-state index contributed by atoms with van der Waals surface area (Å²) in [6.45, 7) is 4.54. The Morgan fingerprint density at radius 2 is 1.83 bits per heavy atom. The predicted molar refractivity (Wildman–Crippen MR) is 144 cm³/mol. The molecule has 188 valence electrons. The van der Waals surface area contributed by atoms with Crippen molar-refractivity contribution in [1.82, 2.24) is 9.88 Å². The number of benzene rings is 2. The largest absolute Gasteiger partial charge is 0.455 e. The molecule has 4 heterocycles. The summed E-state index contributed by atoms with van der Waals surface area (Å²) in [5.74, 6) is 1.44. The van der Waals surface area contributed by atoms with Crippen LogP contribution in [0.5, 0.6) is 0 Å². The number of ether oxygens (including phenoxy) is 1. The Kier molecular flexibility index (Phi) is 6.55. The number of carbonyl (C=O) groups excluding carboxylic acids is 1.